The summed E-state index contributed by atoms with van der Waals surface area (Å²) in [5.41, 5.74) is 7.54. The lowest BCUT2D eigenvalue weighted by Crippen LogP contribution is -2.02. The molecule has 0 atom stereocenters. The molecule has 0 saturated carbocycles. The van der Waals surface area contributed by atoms with Crippen LogP contribution in [0.3, 0.4) is 0 Å². The quantitative estimate of drug-likeness (QED) is 0.682. The average Bonchev–Trinajstić information content (AvgIpc) is 3.02. The number of nitriles is 1. The molecule has 0 bridgehead atoms. The van der Waals surface area contributed by atoms with Gasteiger partial charge in [-0.1, -0.05) is 23.5 Å². The predicted octanol–water partition coefficient (Wildman–Crippen LogP) is 3.58. The summed E-state index contributed by atoms with van der Waals surface area (Å²) in [6.45, 7) is 0. The monoisotopic (exact) mass is 350 g/mol. The topological polar surface area (TPSA) is 101 Å². The van der Waals surface area contributed by atoms with E-state index in [0.29, 0.717) is 21.1 Å². The maximum absolute atomic E-state index is 12.6. The molecule has 0 fully saturated rings. The number of hydrogen-bond donors (Lipinski definition) is 2. The van der Waals surface area contributed by atoms with Crippen molar-refractivity contribution in [2.45, 2.75) is 0 Å². The third-order valence-electron chi connectivity index (χ3n) is 3.45. The van der Waals surface area contributed by atoms with Crippen LogP contribution in [0.2, 0.25) is 0 Å². The first-order valence-electron chi connectivity index (χ1n) is 7.33. The highest BCUT2D eigenvalue weighted by Crippen LogP contribution is 2.30. The van der Waals surface area contributed by atoms with Gasteiger partial charge in [0.05, 0.1) is 18.7 Å². The van der Waals surface area contributed by atoms with Crippen LogP contribution in [0.1, 0.15) is 20.8 Å². The van der Waals surface area contributed by atoms with Gasteiger partial charge in [-0.25, -0.2) is 4.98 Å². The van der Waals surface area contributed by atoms with E-state index in [1.165, 1.54) is 17.4 Å². The van der Waals surface area contributed by atoms with Gasteiger partial charge in [-0.3, -0.25) is 4.79 Å². The first-order chi connectivity index (χ1) is 12.1. The van der Waals surface area contributed by atoms with Crippen molar-refractivity contribution in [3.05, 3.63) is 64.5 Å². The summed E-state index contributed by atoms with van der Waals surface area (Å²) in [5.74, 6) is 0.653. The summed E-state index contributed by atoms with van der Waals surface area (Å²) < 4.78 is 5.11. The number of carbonyl (C=O) groups excluding carboxylic acids is 1. The summed E-state index contributed by atoms with van der Waals surface area (Å²) in [6, 6.07) is 15.8. The largest absolute Gasteiger partial charge is 0.497 e. The number of methoxy groups -OCH3 is 1. The van der Waals surface area contributed by atoms with Gasteiger partial charge >= 0.3 is 0 Å². The number of ether oxygens (including phenoxy) is 1. The van der Waals surface area contributed by atoms with E-state index in [4.69, 9.17) is 15.7 Å². The van der Waals surface area contributed by atoms with Crippen LogP contribution in [0.5, 0.6) is 5.75 Å². The highest BCUT2D eigenvalue weighted by molar-refractivity contribution is 7.18. The second kappa shape index (κ2) is 7.03. The van der Waals surface area contributed by atoms with Crippen molar-refractivity contribution >= 4 is 33.8 Å². The minimum atomic E-state index is -0.255. The molecule has 2 aromatic carbocycles. The summed E-state index contributed by atoms with van der Waals surface area (Å²) in [4.78, 5) is 17.2. The van der Waals surface area contributed by atoms with Gasteiger partial charge in [0.25, 0.3) is 0 Å². The molecule has 0 amide bonds. The molecule has 7 heteroatoms. The number of nitrogen functional groups attached to an aromatic ring is 1. The van der Waals surface area contributed by atoms with E-state index in [0.717, 1.165) is 11.4 Å². The lowest BCUT2D eigenvalue weighted by atomic mass is 10.1. The second-order valence-electron chi connectivity index (χ2n) is 5.11. The molecule has 3 rings (SSSR count). The molecule has 0 radical (unpaired) electrons. The Bertz CT molecular complexity index is 958. The molecule has 25 heavy (non-hydrogen) atoms. The minimum absolute atomic E-state index is 0.161. The van der Waals surface area contributed by atoms with E-state index in [1.807, 2.05) is 30.3 Å². The molecular formula is C18H14N4O2S. The average molecular weight is 350 g/mol. The van der Waals surface area contributed by atoms with Crippen LogP contribution >= 0.6 is 11.3 Å². The predicted molar refractivity (Wildman–Crippen MR) is 97.4 cm³/mol. The molecule has 3 N–H and O–H groups in total. The van der Waals surface area contributed by atoms with E-state index in [9.17, 15) is 4.79 Å². The van der Waals surface area contributed by atoms with Crippen LogP contribution < -0.4 is 15.8 Å². The van der Waals surface area contributed by atoms with Crippen molar-refractivity contribution in [2.75, 3.05) is 18.2 Å². The fourth-order valence-electron chi connectivity index (χ4n) is 2.21. The molecule has 0 unspecified atom stereocenters. The number of carbonyl (C=O) groups is 1. The van der Waals surface area contributed by atoms with Crippen LogP contribution in [0, 0.1) is 11.3 Å². The second-order valence-corrected chi connectivity index (χ2v) is 6.11. The van der Waals surface area contributed by atoms with E-state index < -0.39 is 0 Å². The normalized spacial score (nSPS) is 10.1. The highest BCUT2D eigenvalue weighted by Gasteiger charge is 2.18. The number of rotatable bonds is 5. The molecule has 1 aromatic heterocycles. The number of nitrogens with one attached hydrogen (secondary N) is 1. The zero-order valence-electron chi connectivity index (χ0n) is 13.3. The molecule has 0 spiro atoms. The van der Waals surface area contributed by atoms with Gasteiger partial charge < -0.3 is 15.8 Å². The van der Waals surface area contributed by atoms with Crippen LogP contribution in [0.15, 0.2) is 48.5 Å². The van der Waals surface area contributed by atoms with Crippen molar-refractivity contribution in [3.63, 3.8) is 0 Å². The zero-order valence-corrected chi connectivity index (χ0v) is 14.1. The Labute approximate surface area is 148 Å². The van der Waals surface area contributed by atoms with Crippen molar-refractivity contribution < 1.29 is 9.53 Å². The minimum Gasteiger partial charge on any atom is -0.497 e. The fourth-order valence-corrected chi connectivity index (χ4v) is 3.07. The molecule has 6 nitrogen and oxygen atoms in total. The first-order valence-corrected chi connectivity index (χ1v) is 8.14. The van der Waals surface area contributed by atoms with E-state index in [1.54, 1.807) is 25.3 Å². The van der Waals surface area contributed by atoms with Crippen LogP contribution in [-0.4, -0.2) is 17.9 Å². The van der Waals surface area contributed by atoms with Gasteiger partial charge in [0.15, 0.2) is 5.13 Å². The molecule has 1 heterocycles. The Balaban J connectivity index is 1.84. The number of hydrogen-bond acceptors (Lipinski definition) is 7. The molecule has 0 aliphatic heterocycles. The van der Waals surface area contributed by atoms with Gasteiger partial charge in [-0.05, 0) is 36.4 Å². The summed E-state index contributed by atoms with van der Waals surface area (Å²) in [7, 11) is 1.60. The van der Waals surface area contributed by atoms with Gasteiger partial charge in [-0.15, -0.1) is 0 Å². The number of anilines is 3. The number of benzene rings is 2. The zero-order chi connectivity index (χ0) is 17.8. The number of thiazole rings is 1. The molecule has 0 aliphatic carbocycles. The third kappa shape index (κ3) is 3.59. The third-order valence-corrected chi connectivity index (χ3v) is 4.44. The standard InChI is InChI=1S/C18H14N4O2S/c1-24-14-7-5-13(6-8-14)21-18-22-17(20)16(25-18)15(23)12-4-2-3-11(9-12)10-19/h2-9H,20H2,1H3,(H,21,22). The maximum atomic E-state index is 12.6. The number of ketones is 1. The van der Waals surface area contributed by atoms with Crippen LogP contribution in [-0.2, 0) is 0 Å². The smallest absolute Gasteiger partial charge is 0.206 e. The Morgan fingerprint density at radius 3 is 2.72 bits per heavy atom. The van der Waals surface area contributed by atoms with Crippen molar-refractivity contribution in [2.24, 2.45) is 0 Å². The van der Waals surface area contributed by atoms with E-state index in [-0.39, 0.29) is 11.6 Å². The Morgan fingerprint density at radius 1 is 1.28 bits per heavy atom. The van der Waals surface area contributed by atoms with Gasteiger partial charge in [0, 0.05) is 11.3 Å². The molecule has 3 aromatic rings. The van der Waals surface area contributed by atoms with Crippen LogP contribution in [0.25, 0.3) is 0 Å². The summed E-state index contributed by atoms with van der Waals surface area (Å²) in [6.07, 6.45) is 0. The van der Waals surface area contributed by atoms with Gasteiger partial charge in [0.2, 0.25) is 5.78 Å². The van der Waals surface area contributed by atoms with Crippen LogP contribution in [0.4, 0.5) is 16.6 Å². The number of aromatic nitrogens is 1. The van der Waals surface area contributed by atoms with Gasteiger partial charge in [0.1, 0.15) is 16.4 Å². The maximum Gasteiger partial charge on any atom is 0.206 e. The first kappa shape index (κ1) is 16.5. The summed E-state index contributed by atoms with van der Waals surface area (Å²) in [5, 5.41) is 12.6. The Kier molecular flexibility index (Phi) is 4.64. The molecule has 0 saturated heterocycles. The lowest BCUT2D eigenvalue weighted by molar-refractivity contribution is 0.104. The lowest BCUT2D eigenvalue weighted by Gasteiger charge is -2.03. The summed E-state index contributed by atoms with van der Waals surface area (Å²) >= 11 is 1.17. The fraction of sp³-hybridized carbons (Fsp3) is 0.0556. The number of nitrogens with two attached hydrogens (primary N) is 1. The number of nitrogens with zero attached hydrogens (tertiary/aromatic N) is 2. The molecular weight excluding hydrogens is 336 g/mol. The van der Waals surface area contributed by atoms with Gasteiger partial charge in [-0.2, -0.15) is 5.26 Å². The molecule has 0 aliphatic rings. The van der Waals surface area contributed by atoms with Crippen molar-refractivity contribution in [1.82, 2.24) is 4.98 Å². The SMILES string of the molecule is COc1ccc(Nc2nc(N)c(C(=O)c3cccc(C#N)c3)s2)cc1. The van der Waals surface area contributed by atoms with E-state index in [2.05, 4.69) is 10.3 Å². The molecule has 124 valence electrons. The van der Waals surface area contributed by atoms with Crippen molar-refractivity contribution in [3.8, 4) is 11.8 Å². The highest BCUT2D eigenvalue weighted by atomic mass is 32.1. The Morgan fingerprint density at radius 2 is 2.04 bits per heavy atom. The van der Waals surface area contributed by atoms with Crippen molar-refractivity contribution in [1.29, 1.82) is 5.26 Å². The Hall–Kier alpha value is -3.37. The van der Waals surface area contributed by atoms with E-state index >= 15 is 0 Å².